The van der Waals surface area contributed by atoms with Gasteiger partial charge < -0.3 is 15.4 Å². The van der Waals surface area contributed by atoms with Crippen molar-refractivity contribution in [3.8, 4) is 5.75 Å². The van der Waals surface area contributed by atoms with E-state index in [2.05, 4.69) is 10.6 Å². The molecule has 6 heteroatoms. The van der Waals surface area contributed by atoms with E-state index < -0.39 is 11.7 Å². The number of hydrogen-bond acceptors (Lipinski definition) is 3. The van der Waals surface area contributed by atoms with E-state index in [0.29, 0.717) is 17.1 Å². The molecule has 0 unspecified atom stereocenters. The largest absolute Gasteiger partial charge is 0.495 e. The first kappa shape index (κ1) is 15.5. The smallest absolute Gasteiger partial charge is 0.258 e. The molecule has 2 rings (SSSR count). The van der Waals surface area contributed by atoms with Crippen molar-refractivity contribution in [1.29, 1.82) is 0 Å². The lowest BCUT2D eigenvalue weighted by Crippen LogP contribution is -2.14. The summed E-state index contributed by atoms with van der Waals surface area (Å²) < 4.78 is 18.7. The Labute approximate surface area is 127 Å². The summed E-state index contributed by atoms with van der Waals surface area (Å²) in [4.78, 5) is 23.2. The van der Waals surface area contributed by atoms with E-state index in [1.54, 1.807) is 24.3 Å². The molecular weight excluding hydrogens is 287 g/mol. The maximum absolute atomic E-state index is 13.6. The number of ether oxygens (including phenoxy) is 1. The predicted octanol–water partition coefficient (Wildman–Crippen LogP) is 3.05. The monoisotopic (exact) mass is 302 g/mol. The fourth-order valence-corrected chi connectivity index (χ4v) is 1.92. The predicted molar refractivity (Wildman–Crippen MR) is 81.7 cm³/mol. The lowest BCUT2D eigenvalue weighted by atomic mass is 10.2. The first-order valence-electron chi connectivity index (χ1n) is 6.52. The number of rotatable bonds is 4. The van der Waals surface area contributed by atoms with Gasteiger partial charge in [0.15, 0.2) is 0 Å². The van der Waals surface area contributed by atoms with Crippen LogP contribution in [-0.2, 0) is 4.79 Å². The molecule has 0 aliphatic rings. The van der Waals surface area contributed by atoms with Crippen LogP contribution < -0.4 is 15.4 Å². The Kier molecular flexibility index (Phi) is 4.73. The second-order valence-electron chi connectivity index (χ2n) is 4.53. The Balaban J connectivity index is 2.24. The van der Waals surface area contributed by atoms with Gasteiger partial charge in [0.2, 0.25) is 5.91 Å². The molecule has 0 aromatic heterocycles. The first-order valence-corrected chi connectivity index (χ1v) is 6.52. The quantitative estimate of drug-likeness (QED) is 0.912. The van der Waals surface area contributed by atoms with Gasteiger partial charge in [-0.3, -0.25) is 9.59 Å². The lowest BCUT2D eigenvalue weighted by molar-refractivity contribution is -0.114. The Bertz CT molecular complexity index is 716. The van der Waals surface area contributed by atoms with Crippen molar-refractivity contribution in [3.05, 3.63) is 53.8 Å². The maximum atomic E-state index is 13.6. The molecular formula is C16H15FN2O3. The molecule has 2 amide bonds. The van der Waals surface area contributed by atoms with E-state index in [-0.39, 0.29) is 11.5 Å². The van der Waals surface area contributed by atoms with Gasteiger partial charge >= 0.3 is 0 Å². The van der Waals surface area contributed by atoms with Gasteiger partial charge in [-0.2, -0.15) is 0 Å². The normalized spacial score (nSPS) is 9.95. The summed E-state index contributed by atoms with van der Waals surface area (Å²) in [6, 6.07) is 10.4. The van der Waals surface area contributed by atoms with E-state index in [1.807, 2.05) is 0 Å². The molecule has 0 aliphatic heterocycles. The summed E-state index contributed by atoms with van der Waals surface area (Å²) in [5.74, 6) is -0.984. The van der Waals surface area contributed by atoms with Crippen molar-refractivity contribution in [2.24, 2.45) is 0 Å². The third-order valence-electron chi connectivity index (χ3n) is 2.89. The Morgan fingerprint density at radius 1 is 1.09 bits per heavy atom. The zero-order valence-corrected chi connectivity index (χ0v) is 12.1. The molecule has 2 N–H and O–H groups in total. The van der Waals surface area contributed by atoms with E-state index in [0.717, 1.165) is 0 Å². The fourth-order valence-electron chi connectivity index (χ4n) is 1.92. The summed E-state index contributed by atoms with van der Waals surface area (Å²) in [6.45, 7) is 1.37. The molecule has 0 radical (unpaired) electrons. The highest BCUT2D eigenvalue weighted by Gasteiger charge is 2.12. The summed E-state index contributed by atoms with van der Waals surface area (Å²) in [5.41, 5.74) is 0.776. The van der Waals surface area contributed by atoms with Crippen LogP contribution in [-0.4, -0.2) is 18.9 Å². The van der Waals surface area contributed by atoms with E-state index in [4.69, 9.17) is 4.74 Å². The fraction of sp³-hybridized carbons (Fsp3) is 0.125. The molecule has 2 aromatic carbocycles. The lowest BCUT2D eigenvalue weighted by Gasteiger charge is -2.12. The average Bonchev–Trinajstić information content (AvgIpc) is 2.47. The van der Waals surface area contributed by atoms with Gasteiger partial charge in [-0.15, -0.1) is 0 Å². The molecule has 0 saturated carbocycles. The van der Waals surface area contributed by atoms with Crippen molar-refractivity contribution in [2.45, 2.75) is 6.92 Å². The van der Waals surface area contributed by atoms with Crippen molar-refractivity contribution in [2.75, 3.05) is 17.7 Å². The maximum Gasteiger partial charge on any atom is 0.258 e. The van der Waals surface area contributed by atoms with Crippen LogP contribution in [0, 0.1) is 5.82 Å². The van der Waals surface area contributed by atoms with Crippen LogP contribution in [0.1, 0.15) is 17.3 Å². The average molecular weight is 302 g/mol. The van der Waals surface area contributed by atoms with Crippen LogP contribution in [0.15, 0.2) is 42.5 Å². The number of hydrogen-bond donors (Lipinski definition) is 2. The first-order chi connectivity index (χ1) is 10.5. The summed E-state index contributed by atoms with van der Waals surface area (Å²) >= 11 is 0. The van der Waals surface area contributed by atoms with Crippen LogP contribution >= 0.6 is 0 Å². The molecule has 2 aromatic rings. The zero-order chi connectivity index (χ0) is 16.1. The summed E-state index contributed by atoms with van der Waals surface area (Å²) in [6.07, 6.45) is 0. The Morgan fingerprint density at radius 3 is 2.45 bits per heavy atom. The van der Waals surface area contributed by atoms with Crippen LogP contribution in [0.2, 0.25) is 0 Å². The minimum absolute atomic E-state index is 0.0561. The van der Waals surface area contributed by atoms with Crippen molar-refractivity contribution >= 4 is 23.2 Å². The van der Waals surface area contributed by atoms with Gasteiger partial charge in [-0.05, 0) is 30.3 Å². The number of halogens is 1. The number of carbonyl (C=O) groups excluding carboxylic acids is 2. The van der Waals surface area contributed by atoms with E-state index in [1.165, 1.54) is 32.2 Å². The number of carbonyl (C=O) groups is 2. The highest BCUT2D eigenvalue weighted by molar-refractivity contribution is 6.05. The molecule has 0 aliphatic carbocycles. The Morgan fingerprint density at radius 2 is 1.82 bits per heavy atom. The number of methoxy groups -OCH3 is 1. The summed E-state index contributed by atoms with van der Waals surface area (Å²) in [5, 5.41) is 5.18. The molecule has 0 heterocycles. The zero-order valence-electron chi connectivity index (χ0n) is 12.1. The molecule has 0 bridgehead atoms. The number of anilines is 2. The van der Waals surface area contributed by atoms with Gasteiger partial charge in [0.25, 0.3) is 5.91 Å². The number of benzene rings is 2. The number of nitrogens with one attached hydrogen (secondary N) is 2. The van der Waals surface area contributed by atoms with Crippen LogP contribution in [0.4, 0.5) is 15.8 Å². The minimum Gasteiger partial charge on any atom is -0.495 e. The molecule has 0 atom stereocenters. The minimum atomic E-state index is -0.601. The van der Waals surface area contributed by atoms with Gasteiger partial charge in [0.05, 0.1) is 18.4 Å². The third-order valence-corrected chi connectivity index (χ3v) is 2.89. The Hall–Kier alpha value is -2.89. The third kappa shape index (κ3) is 3.60. The SMILES string of the molecule is COc1ccc(NC(=O)c2ccccc2F)cc1NC(C)=O. The van der Waals surface area contributed by atoms with Gasteiger partial charge in [0.1, 0.15) is 11.6 Å². The van der Waals surface area contributed by atoms with E-state index >= 15 is 0 Å². The van der Waals surface area contributed by atoms with Gasteiger partial charge in [0, 0.05) is 12.6 Å². The van der Waals surface area contributed by atoms with Crippen LogP contribution in [0.5, 0.6) is 5.75 Å². The van der Waals surface area contributed by atoms with Crippen molar-refractivity contribution in [1.82, 2.24) is 0 Å². The number of amides is 2. The highest BCUT2D eigenvalue weighted by Crippen LogP contribution is 2.28. The van der Waals surface area contributed by atoms with Gasteiger partial charge in [-0.25, -0.2) is 4.39 Å². The van der Waals surface area contributed by atoms with Crippen LogP contribution in [0.3, 0.4) is 0 Å². The topological polar surface area (TPSA) is 67.4 Å². The molecule has 0 saturated heterocycles. The molecule has 0 spiro atoms. The highest BCUT2D eigenvalue weighted by atomic mass is 19.1. The molecule has 5 nitrogen and oxygen atoms in total. The van der Waals surface area contributed by atoms with Gasteiger partial charge in [-0.1, -0.05) is 12.1 Å². The molecule has 0 fully saturated rings. The second-order valence-corrected chi connectivity index (χ2v) is 4.53. The van der Waals surface area contributed by atoms with Crippen molar-refractivity contribution < 1.29 is 18.7 Å². The second kappa shape index (κ2) is 6.71. The van der Waals surface area contributed by atoms with E-state index in [9.17, 15) is 14.0 Å². The summed E-state index contributed by atoms with van der Waals surface area (Å²) in [7, 11) is 1.47. The van der Waals surface area contributed by atoms with Crippen LogP contribution in [0.25, 0.3) is 0 Å². The van der Waals surface area contributed by atoms with Crippen molar-refractivity contribution in [3.63, 3.8) is 0 Å². The molecule has 22 heavy (non-hydrogen) atoms. The standard InChI is InChI=1S/C16H15FN2O3/c1-10(20)18-14-9-11(7-8-15(14)22-2)19-16(21)12-5-3-4-6-13(12)17/h3-9H,1-2H3,(H,18,20)(H,19,21). The molecule has 114 valence electrons.